The van der Waals surface area contributed by atoms with Crippen LogP contribution < -0.4 is 0 Å². The molecule has 0 spiro atoms. The summed E-state index contributed by atoms with van der Waals surface area (Å²) in [5, 5.41) is -0.273. The second-order valence-corrected chi connectivity index (χ2v) is 9.93. The molecule has 0 amide bonds. The molecule has 2 heterocycles. The summed E-state index contributed by atoms with van der Waals surface area (Å²) in [6, 6.07) is 7.25. The molecule has 1 aliphatic heterocycles. The Morgan fingerprint density at radius 1 is 0.969 bits per heavy atom. The normalized spacial score (nSPS) is 16.9. The minimum atomic E-state index is -3.82. The van der Waals surface area contributed by atoms with Crippen LogP contribution in [0.2, 0.25) is 5.02 Å². The molecule has 32 heavy (non-hydrogen) atoms. The zero-order chi connectivity index (χ0) is 23.0. The van der Waals surface area contributed by atoms with Crippen LogP contribution in [-0.4, -0.2) is 60.8 Å². The Morgan fingerprint density at radius 2 is 1.59 bits per heavy atom. The maximum Gasteiger partial charge on any atom is 0.260 e. The lowest BCUT2D eigenvalue weighted by molar-refractivity contribution is 0.222. The number of halogens is 4. The molecule has 1 aromatic heterocycles. The Kier molecular flexibility index (Phi) is 6.30. The van der Waals surface area contributed by atoms with Crippen LogP contribution in [0.4, 0.5) is 13.2 Å². The number of hydrogen-bond acceptors (Lipinski definition) is 4. The van der Waals surface area contributed by atoms with Crippen LogP contribution in [0.15, 0.2) is 47.6 Å². The second-order valence-electron chi connectivity index (χ2n) is 7.62. The number of sulfonamides is 1. The number of imidazole rings is 1. The number of hydrogen-bond donors (Lipinski definition) is 1. The monoisotopic (exact) mass is 484 g/mol. The van der Waals surface area contributed by atoms with Gasteiger partial charge < -0.3 is 9.88 Å². The van der Waals surface area contributed by atoms with E-state index in [1.165, 1.54) is 28.7 Å². The summed E-state index contributed by atoms with van der Waals surface area (Å²) in [5.74, 6) is -3.40. The quantitative estimate of drug-likeness (QED) is 0.601. The summed E-state index contributed by atoms with van der Waals surface area (Å²) in [7, 11) is -1.91. The van der Waals surface area contributed by atoms with E-state index < -0.39 is 33.4 Å². The van der Waals surface area contributed by atoms with Gasteiger partial charge in [0.15, 0.2) is 16.7 Å². The molecule has 1 fully saturated rings. The van der Waals surface area contributed by atoms with E-state index in [0.29, 0.717) is 37.3 Å². The molecule has 11 heteroatoms. The van der Waals surface area contributed by atoms with E-state index in [1.807, 2.05) is 11.9 Å². The topological polar surface area (TPSA) is 69.3 Å². The molecule has 4 rings (SSSR count). The van der Waals surface area contributed by atoms with Crippen LogP contribution in [0.1, 0.15) is 22.9 Å². The number of H-pyrrole nitrogens is 1. The molecule has 0 aliphatic carbocycles. The van der Waals surface area contributed by atoms with Gasteiger partial charge in [0.05, 0.1) is 17.1 Å². The van der Waals surface area contributed by atoms with Crippen LogP contribution in [0.3, 0.4) is 0 Å². The number of aromatic nitrogens is 2. The van der Waals surface area contributed by atoms with Crippen molar-refractivity contribution in [2.75, 3.05) is 33.2 Å². The number of rotatable bonds is 5. The van der Waals surface area contributed by atoms with Gasteiger partial charge in [-0.25, -0.2) is 26.6 Å². The zero-order valence-corrected chi connectivity index (χ0v) is 18.6. The Bertz CT molecular complexity index is 1190. The molecule has 1 aliphatic rings. The highest BCUT2D eigenvalue weighted by atomic mass is 35.5. The fourth-order valence-corrected chi connectivity index (χ4v) is 5.19. The van der Waals surface area contributed by atoms with E-state index in [1.54, 1.807) is 0 Å². The van der Waals surface area contributed by atoms with Crippen molar-refractivity contribution in [1.82, 2.24) is 19.2 Å². The first kappa shape index (κ1) is 22.8. The average molecular weight is 485 g/mol. The van der Waals surface area contributed by atoms with Crippen molar-refractivity contribution in [3.8, 4) is 0 Å². The van der Waals surface area contributed by atoms with E-state index in [4.69, 9.17) is 11.6 Å². The number of nitrogens with one attached hydrogen (secondary N) is 1. The number of aromatic amines is 1. The van der Waals surface area contributed by atoms with E-state index >= 15 is 0 Å². The molecule has 1 saturated heterocycles. The third-order valence-corrected chi connectivity index (χ3v) is 7.58. The first-order chi connectivity index (χ1) is 15.2. The molecule has 1 unspecified atom stereocenters. The Hall–Kier alpha value is -2.40. The van der Waals surface area contributed by atoms with E-state index in [-0.39, 0.29) is 15.9 Å². The molecular formula is C21H20ClF3N4O2S. The third-order valence-electron chi connectivity index (χ3n) is 5.48. The minimum Gasteiger partial charge on any atom is -0.331 e. The lowest BCUT2D eigenvalue weighted by Gasteiger charge is -2.31. The maximum atomic E-state index is 14.0. The molecular weight excluding hydrogens is 465 g/mol. The molecule has 0 saturated carbocycles. The Labute approximate surface area is 188 Å². The number of benzene rings is 2. The lowest BCUT2D eigenvalue weighted by atomic mass is 9.90. The summed E-state index contributed by atoms with van der Waals surface area (Å²) in [5.41, 5.74) is 0.727. The van der Waals surface area contributed by atoms with Gasteiger partial charge in [-0.2, -0.15) is 4.31 Å². The molecule has 1 N–H and O–H groups in total. The van der Waals surface area contributed by atoms with Crippen LogP contribution >= 0.6 is 11.6 Å². The van der Waals surface area contributed by atoms with E-state index in [9.17, 15) is 21.6 Å². The summed E-state index contributed by atoms with van der Waals surface area (Å²) in [6.45, 7) is 1.89. The van der Waals surface area contributed by atoms with Gasteiger partial charge in [0, 0.05) is 26.2 Å². The van der Waals surface area contributed by atoms with Gasteiger partial charge in [-0.1, -0.05) is 23.7 Å². The van der Waals surface area contributed by atoms with Crippen molar-refractivity contribution in [1.29, 1.82) is 0 Å². The van der Waals surface area contributed by atoms with Gasteiger partial charge in [-0.15, -0.1) is 0 Å². The SMILES string of the molecule is CN1CCN(S(=O)(=O)c2cnc(C(c3ccc(F)c(F)c3)c3ccc(F)c(Cl)c3)[nH]2)CC1. The van der Waals surface area contributed by atoms with Gasteiger partial charge >= 0.3 is 0 Å². The van der Waals surface area contributed by atoms with Gasteiger partial charge in [0.25, 0.3) is 10.0 Å². The average Bonchev–Trinajstić information content (AvgIpc) is 3.24. The van der Waals surface area contributed by atoms with Crippen molar-refractivity contribution in [3.05, 3.63) is 82.0 Å². The molecule has 0 bridgehead atoms. The summed E-state index contributed by atoms with van der Waals surface area (Å²) in [6.07, 6.45) is 1.20. The first-order valence-electron chi connectivity index (χ1n) is 9.80. The van der Waals surface area contributed by atoms with Gasteiger partial charge in [-0.05, 0) is 42.4 Å². The van der Waals surface area contributed by atoms with Crippen molar-refractivity contribution in [2.24, 2.45) is 0 Å². The van der Waals surface area contributed by atoms with E-state index in [0.717, 1.165) is 18.2 Å². The zero-order valence-electron chi connectivity index (χ0n) is 17.0. The molecule has 2 aromatic carbocycles. The largest absolute Gasteiger partial charge is 0.331 e. The van der Waals surface area contributed by atoms with E-state index in [2.05, 4.69) is 9.97 Å². The van der Waals surface area contributed by atoms with Crippen LogP contribution in [-0.2, 0) is 10.0 Å². The summed E-state index contributed by atoms with van der Waals surface area (Å²) < 4.78 is 68.7. The molecule has 6 nitrogen and oxygen atoms in total. The number of piperazine rings is 1. The van der Waals surface area contributed by atoms with Crippen LogP contribution in [0, 0.1) is 17.5 Å². The molecule has 170 valence electrons. The Morgan fingerprint density at radius 3 is 2.22 bits per heavy atom. The van der Waals surface area contributed by atoms with Gasteiger partial charge in [-0.3, -0.25) is 0 Å². The fraction of sp³-hybridized carbons (Fsp3) is 0.286. The van der Waals surface area contributed by atoms with Crippen molar-refractivity contribution in [2.45, 2.75) is 10.9 Å². The van der Waals surface area contributed by atoms with Crippen molar-refractivity contribution >= 4 is 21.6 Å². The highest BCUT2D eigenvalue weighted by Crippen LogP contribution is 2.33. The molecule has 3 aromatic rings. The highest BCUT2D eigenvalue weighted by molar-refractivity contribution is 7.89. The first-order valence-corrected chi connectivity index (χ1v) is 11.6. The highest BCUT2D eigenvalue weighted by Gasteiger charge is 2.31. The summed E-state index contributed by atoms with van der Waals surface area (Å²) in [4.78, 5) is 9.07. The smallest absolute Gasteiger partial charge is 0.260 e. The predicted molar refractivity (Wildman–Crippen MR) is 114 cm³/mol. The second kappa shape index (κ2) is 8.86. The number of likely N-dealkylation sites (N-methyl/N-ethyl adjacent to an activating group) is 1. The third kappa shape index (κ3) is 4.40. The maximum absolute atomic E-state index is 14.0. The predicted octanol–water partition coefficient (Wildman–Crippen LogP) is 3.60. The van der Waals surface area contributed by atoms with Gasteiger partial charge in [0.1, 0.15) is 11.6 Å². The summed E-state index contributed by atoms with van der Waals surface area (Å²) >= 11 is 5.93. The molecule has 0 radical (unpaired) electrons. The molecule has 1 atom stereocenters. The fourth-order valence-electron chi connectivity index (χ4n) is 3.66. The van der Waals surface area contributed by atoms with Gasteiger partial charge in [0.2, 0.25) is 0 Å². The Balaban J connectivity index is 1.76. The van der Waals surface area contributed by atoms with Crippen molar-refractivity contribution < 1.29 is 21.6 Å². The van der Waals surface area contributed by atoms with Crippen LogP contribution in [0.25, 0.3) is 0 Å². The minimum absolute atomic E-state index is 0.113. The standard InChI is InChI=1S/C21H20ClF3N4O2S/c1-28-6-8-29(9-7-28)32(30,31)19-12-26-21(27-19)20(13-2-4-16(23)15(22)10-13)14-3-5-17(24)18(25)11-14/h2-5,10-12,20H,6-9H2,1H3,(H,26,27). The number of nitrogens with zero attached hydrogens (tertiary/aromatic N) is 3. The lowest BCUT2D eigenvalue weighted by Crippen LogP contribution is -2.47. The van der Waals surface area contributed by atoms with Crippen molar-refractivity contribution in [3.63, 3.8) is 0 Å². The van der Waals surface area contributed by atoms with Crippen LogP contribution in [0.5, 0.6) is 0 Å².